The Morgan fingerprint density at radius 3 is 2.55 bits per heavy atom. The van der Waals surface area contributed by atoms with E-state index in [0.29, 0.717) is 25.7 Å². The van der Waals surface area contributed by atoms with Gasteiger partial charge in [-0.1, -0.05) is 0 Å². The molecule has 2 N–H and O–H groups in total. The SMILES string of the molecule is O=C(O)C1CCC(Nc2ccc(F)cc2[N+](=O)[O-])CC1. The second kappa shape index (κ2) is 5.85. The second-order valence-corrected chi connectivity index (χ2v) is 4.95. The Kier molecular flexibility index (Phi) is 4.16. The zero-order chi connectivity index (χ0) is 14.7. The van der Waals surface area contributed by atoms with Gasteiger partial charge in [-0.2, -0.15) is 0 Å². The average Bonchev–Trinajstić information content (AvgIpc) is 2.41. The van der Waals surface area contributed by atoms with Gasteiger partial charge in [0.2, 0.25) is 0 Å². The van der Waals surface area contributed by atoms with E-state index in [0.717, 1.165) is 12.1 Å². The lowest BCUT2D eigenvalue weighted by atomic mass is 9.86. The van der Waals surface area contributed by atoms with Gasteiger partial charge in [0.25, 0.3) is 5.69 Å². The minimum Gasteiger partial charge on any atom is -0.481 e. The Bertz CT molecular complexity index is 527. The maximum Gasteiger partial charge on any atom is 0.306 e. The summed E-state index contributed by atoms with van der Waals surface area (Å²) in [6.45, 7) is 0. The largest absolute Gasteiger partial charge is 0.481 e. The van der Waals surface area contributed by atoms with Crippen LogP contribution >= 0.6 is 0 Å². The molecule has 20 heavy (non-hydrogen) atoms. The van der Waals surface area contributed by atoms with Crippen LogP contribution in [0.2, 0.25) is 0 Å². The van der Waals surface area contributed by atoms with Gasteiger partial charge in [-0.05, 0) is 37.8 Å². The van der Waals surface area contributed by atoms with Crippen molar-refractivity contribution < 1.29 is 19.2 Å². The molecule has 2 rings (SSSR count). The van der Waals surface area contributed by atoms with Gasteiger partial charge in [0.05, 0.1) is 16.9 Å². The zero-order valence-electron chi connectivity index (χ0n) is 10.7. The Morgan fingerprint density at radius 2 is 2.00 bits per heavy atom. The monoisotopic (exact) mass is 282 g/mol. The van der Waals surface area contributed by atoms with Gasteiger partial charge in [-0.25, -0.2) is 4.39 Å². The lowest BCUT2D eigenvalue weighted by Gasteiger charge is -2.27. The fourth-order valence-electron chi connectivity index (χ4n) is 2.48. The molecule has 0 aromatic heterocycles. The number of hydrogen-bond donors (Lipinski definition) is 2. The second-order valence-electron chi connectivity index (χ2n) is 4.95. The summed E-state index contributed by atoms with van der Waals surface area (Å²) in [5.74, 6) is -1.79. The first kappa shape index (κ1) is 14.2. The first-order valence-corrected chi connectivity index (χ1v) is 6.40. The van der Waals surface area contributed by atoms with Crippen molar-refractivity contribution in [2.75, 3.05) is 5.32 Å². The number of anilines is 1. The van der Waals surface area contributed by atoms with E-state index in [1.165, 1.54) is 6.07 Å². The van der Waals surface area contributed by atoms with E-state index in [-0.39, 0.29) is 23.3 Å². The van der Waals surface area contributed by atoms with Gasteiger partial charge in [-0.3, -0.25) is 14.9 Å². The van der Waals surface area contributed by atoms with Crippen molar-refractivity contribution in [1.29, 1.82) is 0 Å². The third kappa shape index (κ3) is 3.23. The number of nitro benzene ring substituents is 1. The van der Waals surface area contributed by atoms with Crippen LogP contribution in [0.15, 0.2) is 18.2 Å². The fourth-order valence-corrected chi connectivity index (χ4v) is 2.48. The molecule has 7 heteroatoms. The molecule has 1 aromatic rings. The molecular formula is C13H15FN2O4. The number of benzene rings is 1. The molecule has 1 aromatic carbocycles. The lowest BCUT2D eigenvalue weighted by Crippen LogP contribution is -2.29. The predicted octanol–water partition coefficient (Wildman–Crippen LogP) is 2.79. The third-order valence-corrected chi connectivity index (χ3v) is 3.59. The number of carboxylic acids is 1. The number of carboxylic acid groups (broad SMARTS) is 1. The first-order chi connectivity index (χ1) is 9.47. The highest BCUT2D eigenvalue weighted by atomic mass is 19.1. The zero-order valence-corrected chi connectivity index (χ0v) is 10.7. The first-order valence-electron chi connectivity index (χ1n) is 6.40. The molecule has 0 bridgehead atoms. The van der Waals surface area contributed by atoms with Gasteiger partial charge < -0.3 is 10.4 Å². The summed E-state index contributed by atoms with van der Waals surface area (Å²) < 4.78 is 13.0. The Morgan fingerprint density at radius 1 is 1.35 bits per heavy atom. The summed E-state index contributed by atoms with van der Waals surface area (Å²) >= 11 is 0. The van der Waals surface area contributed by atoms with Crippen LogP contribution in [0.5, 0.6) is 0 Å². The van der Waals surface area contributed by atoms with Crippen molar-refractivity contribution in [3.63, 3.8) is 0 Å². The maximum absolute atomic E-state index is 13.0. The van der Waals surface area contributed by atoms with Crippen LogP contribution in [-0.2, 0) is 4.79 Å². The van der Waals surface area contributed by atoms with Crippen LogP contribution in [0.1, 0.15) is 25.7 Å². The van der Waals surface area contributed by atoms with E-state index in [2.05, 4.69) is 5.32 Å². The maximum atomic E-state index is 13.0. The molecule has 0 amide bonds. The van der Waals surface area contributed by atoms with Gasteiger partial charge in [0.15, 0.2) is 0 Å². The summed E-state index contributed by atoms with van der Waals surface area (Å²) in [5.41, 5.74) is -0.0273. The molecule has 0 unspecified atom stereocenters. The molecule has 1 saturated carbocycles. The van der Waals surface area contributed by atoms with E-state index >= 15 is 0 Å². The highest BCUT2D eigenvalue weighted by Gasteiger charge is 2.27. The molecule has 0 saturated heterocycles. The molecule has 0 radical (unpaired) electrons. The van der Waals surface area contributed by atoms with Gasteiger partial charge >= 0.3 is 5.97 Å². The highest BCUT2D eigenvalue weighted by molar-refractivity contribution is 5.70. The average molecular weight is 282 g/mol. The molecule has 108 valence electrons. The van der Waals surface area contributed by atoms with Crippen LogP contribution in [0.25, 0.3) is 0 Å². The number of rotatable bonds is 4. The molecule has 1 aliphatic rings. The van der Waals surface area contributed by atoms with E-state index < -0.39 is 16.7 Å². The van der Waals surface area contributed by atoms with Crippen LogP contribution in [-0.4, -0.2) is 22.0 Å². The molecule has 0 aliphatic heterocycles. The predicted molar refractivity (Wildman–Crippen MR) is 70.1 cm³/mol. The Balaban J connectivity index is 2.04. The van der Waals surface area contributed by atoms with Crippen molar-refractivity contribution in [2.45, 2.75) is 31.7 Å². The summed E-state index contributed by atoms with van der Waals surface area (Å²) in [6.07, 6.45) is 2.35. The third-order valence-electron chi connectivity index (χ3n) is 3.59. The quantitative estimate of drug-likeness (QED) is 0.654. The van der Waals surface area contributed by atoms with E-state index in [4.69, 9.17) is 5.11 Å². The molecule has 0 heterocycles. The number of hydrogen-bond acceptors (Lipinski definition) is 4. The number of halogens is 1. The van der Waals surface area contributed by atoms with Crippen LogP contribution in [0.3, 0.4) is 0 Å². The van der Waals surface area contributed by atoms with Crippen molar-refractivity contribution in [3.8, 4) is 0 Å². The van der Waals surface area contributed by atoms with Gasteiger partial charge in [-0.15, -0.1) is 0 Å². The summed E-state index contributed by atoms with van der Waals surface area (Å²) in [7, 11) is 0. The summed E-state index contributed by atoms with van der Waals surface area (Å²) in [4.78, 5) is 21.1. The molecule has 0 spiro atoms. The van der Waals surface area contributed by atoms with Crippen molar-refractivity contribution in [3.05, 3.63) is 34.1 Å². The standard InChI is InChI=1S/C13H15FN2O4/c14-9-3-6-11(12(7-9)16(19)20)15-10-4-1-8(2-5-10)13(17)18/h3,6-8,10,15H,1-2,4-5H2,(H,17,18). The van der Waals surface area contributed by atoms with E-state index in [1.54, 1.807) is 0 Å². The van der Waals surface area contributed by atoms with Crippen molar-refractivity contribution in [1.82, 2.24) is 0 Å². The smallest absolute Gasteiger partial charge is 0.306 e. The number of nitrogens with one attached hydrogen (secondary N) is 1. The fraction of sp³-hybridized carbons (Fsp3) is 0.462. The molecule has 0 atom stereocenters. The topological polar surface area (TPSA) is 92.5 Å². The molecule has 6 nitrogen and oxygen atoms in total. The number of aliphatic carboxylic acids is 1. The molecular weight excluding hydrogens is 267 g/mol. The van der Waals surface area contributed by atoms with Gasteiger partial charge in [0, 0.05) is 6.04 Å². The molecule has 1 fully saturated rings. The Labute approximate surface area is 114 Å². The van der Waals surface area contributed by atoms with Crippen LogP contribution in [0, 0.1) is 21.8 Å². The lowest BCUT2D eigenvalue weighted by molar-refractivity contribution is -0.384. The van der Waals surface area contributed by atoms with Crippen molar-refractivity contribution in [2.24, 2.45) is 5.92 Å². The van der Waals surface area contributed by atoms with Crippen LogP contribution in [0.4, 0.5) is 15.8 Å². The number of nitro groups is 1. The van der Waals surface area contributed by atoms with E-state index in [9.17, 15) is 19.3 Å². The van der Waals surface area contributed by atoms with Gasteiger partial charge in [0.1, 0.15) is 11.5 Å². The minimum absolute atomic E-state index is 0.0187. The normalized spacial score (nSPS) is 22.2. The summed E-state index contributed by atoms with van der Waals surface area (Å²) in [5, 5.41) is 22.8. The molecule has 1 aliphatic carbocycles. The summed E-state index contributed by atoms with van der Waals surface area (Å²) in [6, 6.07) is 3.37. The minimum atomic E-state index is -0.795. The van der Waals surface area contributed by atoms with Crippen LogP contribution < -0.4 is 5.32 Å². The number of nitrogens with zero attached hydrogens (tertiary/aromatic N) is 1. The number of carbonyl (C=O) groups is 1. The Hall–Kier alpha value is -2.18. The van der Waals surface area contributed by atoms with E-state index in [1.807, 2.05) is 0 Å². The highest BCUT2D eigenvalue weighted by Crippen LogP contribution is 2.30. The van der Waals surface area contributed by atoms with Crippen molar-refractivity contribution >= 4 is 17.3 Å².